The quantitative estimate of drug-likeness (QED) is 0.689. The Hall–Kier alpha value is -2.82. The SMILES string of the molecule is COC(=O)c1cc(NC(=O)c2cccc(S(=O)(=O)NC3(C)COC3)c2)ccc1F. The maximum atomic E-state index is 13.7. The second kappa shape index (κ2) is 7.90. The molecule has 1 saturated heterocycles. The number of halogens is 1. The zero-order valence-corrected chi connectivity index (χ0v) is 16.5. The molecule has 29 heavy (non-hydrogen) atoms. The van der Waals surface area contributed by atoms with Crippen LogP contribution in [-0.2, 0) is 19.5 Å². The zero-order chi connectivity index (χ0) is 21.2. The molecule has 1 heterocycles. The van der Waals surface area contributed by atoms with Gasteiger partial charge in [0.25, 0.3) is 5.91 Å². The molecule has 2 aromatic carbocycles. The van der Waals surface area contributed by atoms with Gasteiger partial charge in [-0.3, -0.25) is 4.79 Å². The Morgan fingerprint density at radius 1 is 1.17 bits per heavy atom. The van der Waals surface area contributed by atoms with Crippen molar-refractivity contribution in [2.75, 3.05) is 25.6 Å². The summed E-state index contributed by atoms with van der Waals surface area (Å²) >= 11 is 0. The van der Waals surface area contributed by atoms with Gasteiger partial charge in [0, 0.05) is 11.3 Å². The third-order valence-electron chi connectivity index (χ3n) is 4.26. The smallest absolute Gasteiger partial charge is 0.340 e. The van der Waals surface area contributed by atoms with E-state index >= 15 is 0 Å². The van der Waals surface area contributed by atoms with E-state index in [9.17, 15) is 22.4 Å². The number of rotatable bonds is 6. The van der Waals surface area contributed by atoms with Gasteiger partial charge in [-0.2, -0.15) is 0 Å². The summed E-state index contributed by atoms with van der Waals surface area (Å²) in [5.74, 6) is -2.30. The van der Waals surface area contributed by atoms with Gasteiger partial charge in [-0.05, 0) is 43.3 Å². The minimum atomic E-state index is -3.86. The van der Waals surface area contributed by atoms with Crippen LogP contribution in [0.3, 0.4) is 0 Å². The van der Waals surface area contributed by atoms with Crippen LogP contribution in [0, 0.1) is 5.82 Å². The highest BCUT2D eigenvalue weighted by molar-refractivity contribution is 7.89. The van der Waals surface area contributed by atoms with E-state index in [-0.39, 0.29) is 34.9 Å². The van der Waals surface area contributed by atoms with E-state index in [4.69, 9.17) is 4.74 Å². The lowest BCUT2D eigenvalue weighted by atomic mass is 10.0. The number of ether oxygens (including phenoxy) is 2. The van der Waals surface area contributed by atoms with E-state index in [1.165, 1.54) is 30.3 Å². The van der Waals surface area contributed by atoms with E-state index in [0.717, 1.165) is 19.2 Å². The first-order chi connectivity index (χ1) is 13.6. The van der Waals surface area contributed by atoms with Gasteiger partial charge in [-0.15, -0.1) is 0 Å². The number of esters is 1. The molecule has 0 bridgehead atoms. The number of nitrogens with one attached hydrogen (secondary N) is 2. The summed E-state index contributed by atoms with van der Waals surface area (Å²) in [6, 6.07) is 8.91. The highest BCUT2D eigenvalue weighted by Crippen LogP contribution is 2.21. The Bertz CT molecular complexity index is 1070. The number of hydrogen-bond acceptors (Lipinski definition) is 6. The summed E-state index contributed by atoms with van der Waals surface area (Å²) < 4.78 is 51.0. The van der Waals surface area contributed by atoms with Gasteiger partial charge >= 0.3 is 5.97 Å². The second-order valence-corrected chi connectivity index (χ2v) is 8.51. The number of anilines is 1. The van der Waals surface area contributed by atoms with Crippen molar-refractivity contribution in [2.24, 2.45) is 0 Å². The summed E-state index contributed by atoms with van der Waals surface area (Å²) in [6.45, 7) is 2.25. The van der Waals surface area contributed by atoms with Gasteiger partial charge in [0.15, 0.2) is 0 Å². The lowest BCUT2D eigenvalue weighted by molar-refractivity contribution is -0.0523. The molecule has 2 N–H and O–H groups in total. The number of sulfonamides is 1. The van der Waals surface area contributed by atoms with Crippen molar-refractivity contribution < 1.29 is 31.9 Å². The minimum Gasteiger partial charge on any atom is -0.465 e. The lowest BCUT2D eigenvalue weighted by Gasteiger charge is -2.38. The Morgan fingerprint density at radius 3 is 2.52 bits per heavy atom. The minimum absolute atomic E-state index is 0.0758. The van der Waals surface area contributed by atoms with Crippen LogP contribution >= 0.6 is 0 Å². The third kappa shape index (κ3) is 4.61. The fraction of sp³-hybridized carbons (Fsp3) is 0.263. The van der Waals surface area contributed by atoms with Crippen LogP contribution in [0.25, 0.3) is 0 Å². The van der Waals surface area contributed by atoms with Crippen LogP contribution in [0.15, 0.2) is 47.4 Å². The molecule has 3 rings (SSSR count). The number of carbonyl (C=O) groups excluding carboxylic acids is 2. The van der Waals surface area contributed by atoms with Crippen molar-refractivity contribution in [1.29, 1.82) is 0 Å². The summed E-state index contributed by atoms with van der Waals surface area (Å²) in [5, 5.41) is 2.51. The van der Waals surface area contributed by atoms with Crippen LogP contribution in [0.1, 0.15) is 27.6 Å². The normalized spacial score (nSPS) is 15.3. The molecule has 1 aliphatic rings. The first-order valence-electron chi connectivity index (χ1n) is 8.55. The number of amides is 1. The van der Waals surface area contributed by atoms with Crippen LogP contribution in [0.4, 0.5) is 10.1 Å². The van der Waals surface area contributed by atoms with Crippen molar-refractivity contribution in [3.05, 3.63) is 59.4 Å². The molecular formula is C19H19FN2O6S. The maximum absolute atomic E-state index is 13.7. The predicted octanol–water partition coefficient (Wildman–Crippen LogP) is 1.93. The molecule has 0 aliphatic carbocycles. The van der Waals surface area contributed by atoms with Gasteiger partial charge in [0.1, 0.15) is 5.82 Å². The van der Waals surface area contributed by atoms with Gasteiger partial charge in [-0.1, -0.05) is 6.07 Å². The van der Waals surface area contributed by atoms with Gasteiger partial charge < -0.3 is 14.8 Å². The average Bonchev–Trinajstić information content (AvgIpc) is 2.67. The maximum Gasteiger partial charge on any atom is 0.340 e. The summed E-state index contributed by atoms with van der Waals surface area (Å²) in [5.41, 5.74) is -0.786. The van der Waals surface area contributed by atoms with Crippen molar-refractivity contribution in [2.45, 2.75) is 17.4 Å². The lowest BCUT2D eigenvalue weighted by Crippen LogP contribution is -2.59. The van der Waals surface area contributed by atoms with E-state index in [1.54, 1.807) is 6.92 Å². The number of hydrogen-bond donors (Lipinski definition) is 2. The highest BCUT2D eigenvalue weighted by Gasteiger charge is 2.37. The van der Waals surface area contributed by atoms with Crippen molar-refractivity contribution in [1.82, 2.24) is 4.72 Å². The average molecular weight is 422 g/mol. The first kappa shape index (κ1) is 20.9. The molecule has 1 amide bonds. The van der Waals surface area contributed by atoms with Crippen molar-refractivity contribution >= 4 is 27.6 Å². The molecule has 154 valence electrons. The Balaban J connectivity index is 1.80. The topological polar surface area (TPSA) is 111 Å². The molecule has 1 aliphatic heterocycles. The van der Waals surface area contributed by atoms with Crippen LogP contribution in [0.2, 0.25) is 0 Å². The van der Waals surface area contributed by atoms with Crippen LogP contribution in [-0.4, -0.2) is 46.2 Å². The largest absolute Gasteiger partial charge is 0.465 e. The Kier molecular flexibility index (Phi) is 5.69. The zero-order valence-electron chi connectivity index (χ0n) is 15.7. The predicted molar refractivity (Wildman–Crippen MR) is 102 cm³/mol. The molecule has 0 aromatic heterocycles. The van der Waals surface area contributed by atoms with E-state index in [2.05, 4.69) is 14.8 Å². The Morgan fingerprint density at radius 2 is 1.90 bits per heavy atom. The fourth-order valence-corrected chi connectivity index (χ4v) is 4.15. The van der Waals surface area contributed by atoms with E-state index in [1.807, 2.05) is 0 Å². The van der Waals surface area contributed by atoms with Crippen LogP contribution in [0.5, 0.6) is 0 Å². The Labute approximate surface area is 167 Å². The molecule has 0 atom stereocenters. The van der Waals surface area contributed by atoms with Gasteiger partial charge in [0.2, 0.25) is 10.0 Å². The van der Waals surface area contributed by atoms with E-state index in [0.29, 0.717) is 0 Å². The molecule has 0 radical (unpaired) electrons. The number of benzene rings is 2. The molecule has 2 aromatic rings. The molecule has 0 saturated carbocycles. The third-order valence-corrected chi connectivity index (χ3v) is 5.89. The summed E-state index contributed by atoms with van der Waals surface area (Å²) in [7, 11) is -2.74. The highest BCUT2D eigenvalue weighted by atomic mass is 32.2. The van der Waals surface area contributed by atoms with Crippen LogP contribution < -0.4 is 10.0 Å². The monoisotopic (exact) mass is 422 g/mol. The first-order valence-corrected chi connectivity index (χ1v) is 10.0. The second-order valence-electron chi connectivity index (χ2n) is 6.83. The molecule has 10 heteroatoms. The molecule has 8 nitrogen and oxygen atoms in total. The van der Waals surface area contributed by atoms with Gasteiger partial charge in [-0.25, -0.2) is 22.3 Å². The fourth-order valence-electron chi connectivity index (χ4n) is 2.73. The van der Waals surface area contributed by atoms with Gasteiger partial charge in [0.05, 0.1) is 36.3 Å². The molecule has 1 fully saturated rings. The van der Waals surface area contributed by atoms with Crippen molar-refractivity contribution in [3.8, 4) is 0 Å². The van der Waals surface area contributed by atoms with E-state index < -0.39 is 33.3 Å². The molecular weight excluding hydrogens is 403 g/mol. The molecule has 0 spiro atoms. The number of carbonyl (C=O) groups is 2. The summed E-state index contributed by atoms with van der Waals surface area (Å²) in [4.78, 5) is 24.0. The molecule has 0 unspecified atom stereocenters. The standard InChI is InChI=1S/C19H19FN2O6S/c1-19(10-28-11-19)22-29(25,26)14-5-3-4-12(8-14)17(23)21-13-6-7-16(20)15(9-13)18(24)27-2/h3-9,22H,10-11H2,1-2H3,(H,21,23). The van der Waals surface area contributed by atoms with Crippen molar-refractivity contribution in [3.63, 3.8) is 0 Å². The number of methoxy groups -OCH3 is 1. The summed E-state index contributed by atoms with van der Waals surface area (Å²) in [6.07, 6.45) is 0.